The summed E-state index contributed by atoms with van der Waals surface area (Å²) >= 11 is 0. The van der Waals surface area contributed by atoms with Crippen molar-refractivity contribution in [3.8, 4) is 0 Å². The highest BCUT2D eigenvalue weighted by atomic mass is 16.5. The Morgan fingerprint density at radius 2 is 1.65 bits per heavy atom. The van der Waals surface area contributed by atoms with E-state index in [0.717, 1.165) is 43.2 Å². The molecule has 116 valence electrons. The van der Waals surface area contributed by atoms with Gasteiger partial charge in [-0.1, -0.05) is 13.8 Å². The lowest BCUT2D eigenvalue weighted by molar-refractivity contribution is -0.0911. The number of ether oxygens (including phenoxy) is 1. The normalized spacial score (nSPS) is 38.1. The summed E-state index contributed by atoms with van der Waals surface area (Å²) in [5, 5.41) is 0. The molecule has 3 rings (SSSR count). The molecule has 0 amide bonds. The van der Waals surface area contributed by atoms with Crippen LogP contribution in [-0.2, 0) is 4.74 Å². The van der Waals surface area contributed by atoms with Crippen molar-refractivity contribution in [2.24, 2.45) is 11.8 Å². The van der Waals surface area contributed by atoms with Crippen molar-refractivity contribution < 1.29 is 4.74 Å². The van der Waals surface area contributed by atoms with Crippen molar-refractivity contribution in [3.63, 3.8) is 0 Å². The third kappa shape index (κ3) is 3.05. The Hall–Kier alpha value is -0.120. The minimum Gasteiger partial charge on any atom is -0.378 e. The van der Waals surface area contributed by atoms with Crippen molar-refractivity contribution in [2.45, 2.75) is 64.6 Å². The van der Waals surface area contributed by atoms with Gasteiger partial charge in [0.25, 0.3) is 0 Å². The second kappa shape index (κ2) is 6.33. The van der Waals surface area contributed by atoms with Crippen LogP contribution < -0.4 is 0 Å². The lowest BCUT2D eigenvalue weighted by Crippen LogP contribution is -2.61. The highest BCUT2D eigenvalue weighted by Crippen LogP contribution is 2.33. The van der Waals surface area contributed by atoms with Gasteiger partial charge in [-0.05, 0) is 44.4 Å². The van der Waals surface area contributed by atoms with Gasteiger partial charge in [-0.15, -0.1) is 0 Å². The number of hydrogen-bond acceptors (Lipinski definition) is 3. The van der Waals surface area contributed by atoms with E-state index in [4.69, 9.17) is 4.74 Å². The third-order valence-corrected chi connectivity index (χ3v) is 6.00. The van der Waals surface area contributed by atoms with Gasteiger partial charge < -0.3 is 4.74 Å². The van der Waals surface area contributed by atoms with Crippen molar-refractivity contribution in [3.05, 3.63) is 0 Å². The number of nitrogens with zero attached hydrogens (tertiary/aromatic N) is 2. The summed E-state index contributed by atoms with van der Waals surface area (Å²) in [7, 11) is 0. The van der Waals surface area contributed by atoms with Crippen LogP contribution in [0, 0.1) is 11.8 Å². The van der Waals surface area contributed by atoms with Gasteiger partial charge in [-0.2, -0.15) is 0 Å². The molecule has 1 saturated carbocycles. The molecule has 2 heterocycles. The molecular weight excluding hydrogens is 248 g/mol. The number of piperazine rings is 1. The molecule has 0 N–H and O–H groups in total. The van der Waals surface area contributed by atoms with E-state index in [9.17, 15) is 0 Å². The van der Waals surface area contributed by atoms with Gasteiger partial charge in [0.15, 0.2) is 0 Å². The predicted octanol–water partition coefficient (Wildman–Crippen LogP) is 2.61. The Labute approximate surface area is 124 Å². The summed E-state index contributed by atoms with van der Waals surface area (Å²) in [6.07, 6.45) is 5.76. The summed E-state index contributed by atoms with van der Waals surface area (Å²) in [5.41, 5.74) is 0. The first-order valence-corrected chi connectivity index (χ1v) is 8.72. The van der Waals surface area contributed by atoms with Gasteiger partial charge in [0.1, 0.15) is 0 Å². The van der Waals surface area contributed by atoms with Crippen LogP contribution in [0.2, 0.25) is 0 Å². The van der Waals surface area contributed by atoms with Crippen LogP contribution in [0.5, 0.6) is 0 Å². The summed E-state index contributed by atoms with van der Waals surface area (Å²) in [6, 6.07) is 2.31. The van der Waals surface area contributed by atoms with E-state index in [1.807, 2.05) is 0 Å². The lowest BCUT2D eigenvalue weighted by atomic mass is 9.79. The fraction of sp³-hybridized carbons (Fsp3) is 1.00. The van der Waals surface area contributed by atoms with Crippen LogP contribution in [0.3, 0.4) is 0 Å². The van der Waals surface area contributed by atoms with E-state index >= 15 is 0 Å². The Kier molecular flexibility index (Phi) is 4.68. The van der Waals surface area contributed by atoms with Crippen LogP contribution in [0.15, 0.2) is 0 Å². The molecule has 0 aromatic heterocycles. The molecule has 0 spiro atoms. The summed E-state index contributed by atoms with van der Waals surface area (Å²) < 4.78 is 5.35. The minimum atomic E-state index is 0.719. The zero-order valence-electron chi connectivity index (χ0n) is 13.6. The Morgan fingerprint density at radius 3 is 2.15 bits per heavy atom. The van der Waals surface area contributed by atoms with Gasteiger partial charge in [-0.3, -0.25) is 9.80 Å². The maximum Gasteiger partial charge on any atom is 0.0645 e. The van der Waals surface area contributed by atoms with Gasteiger partial charge in [-0.25, -0.2) is 0 Å². The first kappa shape index (κ1) is 14.8. The highest BCUT2D eigenvalue weighted by Gasteiger charge is 2.36. The highest BCUT2D eigenvalue weighted by molar-refractivity contribution is 4.90. The van der Waals surface area contributed by atoms with Crippen molar-refractivity contribution >= 4 is 0 Å². The van der Waals surface area contributed by atoms with Crippen molar-refractivity contribution in [1.82, 2.24) is 9.80 Å². The molecule has 2 saturated heterocycles. The molecule has 1 aliphatic carbocycles. The Balaban J connectivity index is 1.49. The average Bonchev–Trinajstić information content (AvgIpc) is 2.37. The molecule has 3 fully saturated rings. The first-order chi connectivity index (χ1) is 9.65. The fourth-order valence-corrected chi connectivity index (χ4v) is 4.41. The van der Waals surface area contributed by atoms with E-state index in [1.165, 1.54) is 45.3 Å². The Bertz CT molecular complexity index is 308. The predicted molar refractivity (Wildman–Crippen MR) is 82.9 cm³/mol. The van der Waals surface area contributed by atoms with Gasteiger partial charge in [0.05, 0.1) is 19.3 Å². The standard InChI is InChI=1S/C17H32N2O/c1-13(2)15-4-6-16(7-5-15)19-9-8-18(10-14(19)3)17-11-20-12-17/h13-17H,4-12H2,1-3H3/t14-,15?,16?/m0/s1. The maximum absolute atomic E-state index is 5.35. The average molecular weight is 280 g/mol. The summed E-state index contributed by atoms with van der Waals surface area (Å²) in [5.74, 6) is 1.86. The van der Waals surface area contributed by atoms with Crippen LogP contribution in [0.25, 0.3) is 0 Å². The summed E-state index contributed by atoms with van der Waals surface area (Å²) in [4.78, 5) is 5.47. The molecule has 0 aromatic carbocycles. The van der Waals surface area contributed by atoms with Gasteiger partial charge in [0.2, 0.25) is 0 Å². The third-order valence-electron chi connectivity index (χ3n) is 6.00. The van der Waals surface area contributed by atoms with E-state index in [2.05, 4.69) is 30.6 Å². The smallest absolute Gasteiger partial charge is 0.0645 e. The fourth-order valence-electron chi connectivity index (χ4n) is 4.41. The van der Waals surface area contributed by atoms with Crippen molar-refractivity contribution in [2.75, 3.05) is 32.8 Å². The summed E-state index contributed by atoms with van der Waals surface area (Å²) in [6.45, 7) is 12.9. The molecule has 0 unspecified atom stereocenters. The van der Waals surface area contributed by atoms with Gasteiger partial charge >= 0.3 is 0 Å². The molecular formula is C17H32N2O. The van der Waals surface area contributed by atoms with Crippen LogP contribution >= 0.6 is 0 Å². The molecule has 1 atom stereocenters. The SMILES string of the molecule is CC(C)C1CCC(N2CCN(C3COC3)C[C@@H]2C)CC1. The molecule has 0 aromatic rings. The molecule has 20 heavy (non-hydrogen) atoms. The Morgan fingerprint density at radius 1 is 0.950 bits per heavy atom. The number of hydrogen-bond donors (Lipinski definition) is 0. The largest absolute Gasteiger partial charge is 0.378 e. The van der Waals surface area contributed by atoms with Crippen LogP contribution in [-0.4, -0.2) is 60.8 Å². The molecule has 3 nitrogen and oxygen atoms in total. The minimum absolute atomic E-state index is 0.719. The molecule has 0 radical (unpaired) electrons. The zero-order valence-corrected chi connectivity index (χ0v) is 13.6. The van der Waals surface area contributed by atoms with E-state index in [0.29, 0.717) is 0 Å². The van der Waals surface area contributed by atoms with Crippen LogP contribution in [0.4, 0.5) is 0 Å². The quantitative estimate of drug-likeness (QED) is 0.790. The van der Waals surface area contributed by atoms with E-state index in [1.54, 1.807) is 0 Å². The van der Waals surface area contributed by atoms with E-state index < -0.39 is 0 Å². The molecule has 0 bridgehead atoms. The molecule has 3 heteroatoms. The monoisotopic (exact) mass is 280 g/mol. The maximum atomic E-state index is 5.35. The van der Waals surface area contributed by atoms with Crippen molar-refractivity contribution in [1.29, 1.82) is 0 Å². The van der Waals surface area contributed by atoms with Gasteiger partial charge in [0, 0.05) is 31.7 Å². The first-order valence-electron chi connectivity index (χ1n) is 8.72. The molecule has 2 aliphatic heterocycles. The second-order valence-corrected chi connectivity index (χ2v) is 7.59. The molecule has 3 aliphatic rings. The lowest BCUT2D eigenvalue weighted by Gasteiger charge is -2.49. The van der Waals surface area contributed by atoms with E-state index in [-0.39, 0.29) is 0 Å². The van der Waals surface area contributed by atoms with Crippen LogP contribution in [0.1, 0.15) is 46.5 Å². The number of rotatable bonds is 3. The topological polar surface area (TPSA) is 15.7 Å². The second-order valence-electron chi connectivity index (χ2n) is 7.59. The zero-order chi connectivity index (χ0) is 14.1.